The van der Waals surface area contributed by atoms with E-state index in [9.17, 15) is 24.5 Å². The molecule has 0 saturated heterocycles. The van der Waals surface area contributed by atoms with Crippen LogP contribution in [0.5, 0.6) is 5.75 Å². The van der Waals surface area contributed by atoms with Crippen LogP contribution in [0.2, 0.25) is 10.0 Å². The Labute approximate surface area is 202 Å². The molecule has 0 aliphatic heterocycles. The third kappa shape index (κ3) is 9.27. The summed E-state index contributed by atoms with van der Waals surface area (Å²) in [4.78, 5) is 45.7. The fourth-order valence-electron chi connectivity index (χ4n) is 2.23. The van der Waals surface area contributed by atoms with Crippen molar-refractivity contribution in [3.63, 3.8) is 0 Å². The van der Waals surface area contributed by atoms with Gasteiger partial charge in [0.15, 0.2) is 11.7 Å². The van der Waals surface area contributed by atoms with Crippen molar-refractivity contribution in [1.82, 2.24) is 16.2 Å². The highest BCUT2D eigenvalue weighted by atomic mass is 35.5. The highest BCUT2D eigenvalue weighted by Gasteiger charge is 2.11. The fraction of sp³-hybridized carbons (Fsp3) is 0.158. The number of nitrogens with zero attached hydrogens (tertiary/aromatic N) is 1. The lowest BCUT2D eigenvalue weighted by molar-refractivity contribution is -0.384. The number of anilines is 1. The first kappa shape index (κ1) is 25.8. The van der Waals surface area contributed by atoms with E-state index in [1.54, 1.807) is 6.07 Å². The molecule has 0 saturated carbocycles. The van der Waals surface area contributed by atoms with Crippen molar-refractivity contribution >= 4 is 69.6 Å². The number of hydrazine groups is 1. The van der Waals surface area contributed by atoms with Crippen LogP contribution < -0.4 is 26.2 Å². The Kier molecular flexibility index (Phi) is 9.79. The number of amides is 3. The number of non-ortho nitro benzene ring substituents is 1. The summed E-state index contributed by atoms with van der Waals surface area (Å²) < 4.78 is 5.19. The molecule has 0 unspecified atom stereocenters. The van der Waals surface area contributed by atoms with Gasteiger partial charge in [-0.3, -0.25) is 40.7 Å². The number of nitrogens with one attached hydrogen (secondary N) is 4. The van der Waals surface area contributed by atoms with Gasteiger partial charge in [0.25, 0.3) is 11.6 Å². The minimum absolute atomic E-state index is 0.112. The number of halogens is 2. The van der Waals surface area contributed by atoms with Crippen LogP contribution >= 0.6 is 35.4 Å². The average molecular weight is 514 g/mol. The molecule has 11 nitrogen and oxygen atoms in total. The molecule has 2 aromatic carbocycles. The summed E-state index contributed by atoms with van der Waals surface area (Å²) >= 11 is 16.6. The van der Waals surface area contributed by atoms with E-state index in [-0.39, 0.29) is 34.4 Å². The average Bonchev–Trinajstić information content (AvgIpc) is 2.77. The highest BCUT2D eigenvalue weighted by Crippen LogP contribution is 2.25. The minimum Gasteiger partial charge on any atom is -0.484 e. The molecule has 3 amide bonds. The van der Waals surface area contributed by atoms with Gasteiger partial charge < -0.3 is 10.1 Å². The van der Waals surface area contributed by atoms with Gasteiger partial charge in [-0.05, 0) is 42.5 Å². The SMILES string of the molecule is O=C(CCC(=O)Nc1ccc(Cl)cc1Cl)NNC(=S)NC(=O)COc1ccc([N+](=O)[O-])cc1. The molecule has 33 heavy (non-hydrogen) atoms. The van der Waals surface area contributed by atoms with E-state index in [4.69, 9.17) is 40.2 Å². The summed E-state index contributed by atoms with van der Waals surface area (Å²) in [5, 5.41) is 15.9. The topological polar surface area (TPSA) is 152 Å². The van der Waals surface area contributed by atoms with E-state index in [1.807, 2.05) is 0 Å². The van der Waals surface area contributed by atoms with E-state index >= 15 is 0 Å². The maximum atomic E-state index is 11.9. The van der Waals surface area contributed by atoms with Gasteiger partial charge in [-0.25, -0.2) is 0 Å². The van der Waals surface area contributed by atoms with Gasteiger partial charge in [0, 0.05) is 30.0 Å². The Hall–Kier alpha value is -3.48. The standard InChI is InChI=1S/C19H17Cl2N5O6S/c20-11-1-6-15(14(21)9-11)22-16(27)7-8-17(28)24-25-19(33)23-18(29)10-32-13-4-2-12(3-5-13)26(30)31/h1-6,9H,7-8,10H2,(H,22,27)(H,24,28)(H2,23,25,29,33). The Morgan fingerprint density at radius 2 is 1.64 bits per heavy atom. The van der Waals surface area contributed by atoms with Crippen LogP contribution in [0, 0.1) is 10.1 Å². The van der Waals surface area contributed by atoms with E-state index in [0.29, 0.717) is 10.7 Å². The molecule has 0 radical (unpaired) electrons. The van der Waals surface area contributed by atoms with Gasteiger partial charge in [0.05, 0.1) is 15.6 Å². The summed E-state index contributed by atoms with van der Waals surface area (Å²) in [5.74, 6) is -1.36. The van der Waals surface area contributed by atoms with Crippen LogP contribution in [0.4, 0.5) is 11.4 Å². The number of nitro benzene ring substituents is 1. The summed E-state index contributed by atoms with van der Waals surface area (Å²) in [6.07, 6.45) is -0.293. The first-order valence-electron chi connectivity index (χ1n) is 9.15. The second-order valence-electron chi connectivity index (χ2n) is 6.26. The first-order chi connectivity index (χ1) is 15.6. The normalized spacial score (nSPS) is 10.0. The predicted octanol–water partition coefficient (Wildman–Crippen LogP) is 2.72. The third-order valence-electron chi connectivity index (χ3n) is 3.77. The highest BCUT2D eigenvalue weighted by molar-refractivity contribution is 7.80. The number of hydrogen-bond acceptors (Lipinski definition) is 7. The molecule has 2 aromatic rings. The fourth-order valence-corrected chi connectivity index (χ4v) is 2.85. The number of hydrogen-bond donors (Lipinski definition) is 4. The summed E-state index contributed by atoms with van der Waals surface area (Å²) in [5.41, 5.74) is 4.82. The molecular weight excluding hydrogens is 497 g/mol. The van der Waals surface area contributed by atoms with E-state index in [2.05, 4.69) is 21.5 Å². The monoisotopic (exact) mass is 513 g/mol. The molecule has 174 valence electrons. The molecule has 0 aromatic heterocycles. The van der Waals surface area contributed by atoms with Crippen LogP contribution in [0.3, 0.4) is 0 Å². The Morgan fingerprint density at radius 1 is 0.970 bits per heavy atom. The molecular formula is C19H17Cl2N5O6S. The Bertz CT molecular complexity index is 1070. The van der Waals surface area contributed by atoms with Crippen LogP contribution in [-0.2, 0) is 14.4 Å². The van der Waals surface area contributed by atoms with Crippen molar-refractivity contribution in [2.24, 2.45) is 0 Å². The molecule has 0 aliphatic carbocycles. The number of thiocarbonyl (C=S) groups is 1. The molecule has 14 heteroatoms. The van der Waals surface area contributed by atoms with E-state index in [0.717, 1.165) is 0 Å². The van der Waals surface area contributed by atoms with Crippen LogP contribution in [0.25, 0.3) is 0 Å². The van der Waals surface area contributed by atoms with Crippen molar-refractivity contribution < 1.29 is 24.0 Å². The third-order valence-corrected chi connectivity index (χ3v) is 4.52. The van der Waals surface area contributed by atoms with E-state index < -0.39 is 29.3 Å². The van der Waals surface area contributed by atoms with E-state index in [1.165, 1.54) is 36.4 Å². The van der Waals surface area contributed by atoms with Gasteiger partial charge in [-0.1, -0.05) is 23.2 Å². The molecule has 0 aliphatic rings. The van der Waals surface area contributed by atoms with Crippen LogP contribution in [-0.4, -0.2) is 34.4 Å². The lowest BCUT2D eigenvalue weighted by Crippen LogP contribution is -2.49. The molecule has 2 rings (SSSR count). The zero-order chi connectivity index (χ0) is 24.4. The summed E-state index contributed by atoms with van der Waals surface area (Å²) in [7, 11) is 0. The molecule has 4 N–H and O–H groups in total. The predicted molar refractivity (Wildman–Crippen MR) is 125 cm³/mol. The number of benzene rings is 2. The first-order valence-corrected chi connectivity index (χ1v) is 10.3. The van der Waals surface area contributed by atoms with Crippen molar-refractivity contribution in [2.75, 3.05) is 11.9 Å². The van der Waals surface area contributed by atoms with Gasteiger partial charge >= 0.3 is 0 Å². The second-order valence-corrected chi connectivity index (χ2v) is 7.51. The quantitative estimate of drug-likeness (QED) is 0.239. The van der Waals surface area contributed by atoms with Gasteiger partial charge in [0.2, 0.25) is 11.8 Å². The minimum atomic E-state index is -0.626. The van der Waals surface area contributed by atoms with Crippen molar-refractivity contribution in [1.29, 1.82) is 0 Å². The van der Waals surface area contributed by atoms with Crippen molar-refractivity contribution in [2.45, 2.75) is 12.8 Å². The maximum absolute atomic E-state index is 11.9. The molecule has 0 heterocycles. The second kappa shape index (κ2) is 12.5. The molecule has 0 spiro atoms. The summed E-state index contributed by atoms with van der Waals surface area (Å²) in [6, 6.07) is 9.74. The van der Waals surface area contributed by atoms with Gasteiger partial charge in [-0.2, -0.15) is 0 Å². The number of ether oxygens (including phenoxy) is 1. The zero-order valence-corrected chi connectivity index (χ0v) is 19.1. The smallest absolute Gasteiger partial charge is 0.269 e. The number of rotatable bonds is 8. The lowest BCUT2D eigenvalue weighted by Gasteiger charge is -2.11. The number of carbonyl (C=O) groups is 3. The number of carbonyl (C=O) groups excluding carboxylic acids is 3. The van der Waals surface area contributed by atoms with Gasteiger partial charge in [0.1, 0.15) is 5.75 Å². The largest absolute Gasteiger partial charge is 0.484 e. The summed E-state index contributed by atoms with van der Waals surface area (Å²) in [6.45, 7) is -0.416. The Morgan fingerprint density at radius 3 is 2.27 bits per heavy atom. The molecule has 0 fully saturated rings. The Balaban J connectivity index is 1.64. The zero-order valence-electron chi connectivity index (χ0n) is 16.7. The molecule has 0 bridgehead atoms. The number of nitro groups is 1. The van der Waals surface area contributed by atoms with Crippen LogP contribution in [0.1, 0.15) is 12.8 Å². The van der Waals surface area contributed by atoms with Crippen molar-refractivity contribution in [3.05, 3.63) is 62.6 Å². The molecule has 0 atom stereocenters. The van der Waals surface area contributed by atoms with Crippen LogP contribution in [0.15, 0.2) is 42.5 Å². The van der Waals surface area contributed by atoms with Gasteiger partial charge in [-0.15, -0.1) is 0 Å². The maximum Gasteiger partial charge on any atom is 0.269 e. The lowest BCUT2D eigenvalue weighted by atomic mass is 10.2. The van der Waals surface area contributed by atoms with Crippen molar-refractivity contribution in [3.8, 4) is 5.75 Å².